The third-order valence-corrected chi connectivity index (χ3v) is 4.69. The van der Waals surface area contributed by atoms with Crippen LogP contribution in [0.5, 0.6) is 0 Å². The molecule has 2 saturated carbocycles. The van der Waals surface area contributed by atoms with Crippen molar-refractivity contribution in [2.24, 2.45) is 11.3 Å². The van der Waals surface area contributed by atoms with Gasteiger partial charge in [-0.25, -0.2) is 0 Å². The first kappa shape index (κ1) is 11.9. The van der Waals surface area contributed by atoms with E-state index in [9.17, 15) is 9.90 Å². The summed E-state index contributed by atoms with van der Waals surface area (Å²) in [5.41, 5.74) is -0.484. The van der Waals surface area contributed by atoms with Crippen LogP contribution in [0.3, 0.4) is 0 Å². The summed E-state index contributed by atoms with van der Waals surface area (Å²) in [7, 11) is 0. The van der Waals surface area contributed by atoms with Crippen LogP contribution in [0.15, 0.2) is 0 Å². The van der Waals surface area contributed by atoms with E-state index in [1.165, 1.54) is 25.7 Å². The second-order valence-corrected chi connectivity index (χ2v) is 5.62. The smallest absolute Gasteiger partial charge is 0.311 e. The van der Waals surface area contributed by atoms with Gasteiger partial charge in [0.1, 0.15) is 0 Å². The molecule has 2 fully saturated rings. The van der Waals surface area contributed by atoms with E-state index in [1.807, 2.05) is 0 Å². The molecule has 3 nitrogen and oxygen atoms in total. The molecule has 2 atom stereocenters. The zero-order chi connectivity index (χ0) is 11.6. The first-order chi connectivity index (χ1) is 7.65. The molecular formula is C13H23NO2. The van der Waals surface area contributed by atoms with E-state index in [1.54, 1.807) is 0 Å². The Kier molecular flexibility index (Phi) is 3.53. The Balaban J connectivity index is 1.94. The van der Waals surface area contributed by atoms with Gasteiger partial charge in [-0.05, 0) is 31.6 Å². The standard InChI is InChI=1S/C13H23NO2/c1-10-5-4-8-13(10,12(15)16)9-14-11-6-2-3-7-11/h10-11,14H,2-9H2,1H3,(H,15,16). The Morgan fingerprint density at radius 1 is 1.31 bits per heavy atom. The van der Waals surface area contributed by atoms with E-state index >= 15 is 0 Å². The molecule has 0 aromatic rings. The minimum absolute atomic E-state index is 0.318. The topological polar surface area (TPSA) is 49.3 Å². The van der Waals surface area contributed by atoms with Crippen molar-refractivity contribution in [2.45, 2.75) is 57.9 Å². The van der Waals surface area contributed by atoms with Crippen molar-refractivity contribution >= 4 is 5.97 Å². The highest BCUT2D eigenvalue weighted by molar-refractivity contribution is 5.75. The maximum Gasteiger partial charge on any atom is 0.311 e. The summed E-state index contributed by atoms with van der Waals surface area (Å²) in [5, 5.41) is 13.0. The summed E-state index contributed by atoms with van der Waals surface area (Å²) >= 11 is 0. The number of rotatable bonds is 4. The van der Waals surface area contributed by atoms with Crippen LogP contribution in [-0.4, -0.2) is 23.7 Å². The average molecular weight is 225 g/mol. The zero-order valence-corrected chi connectivity index (χ0v) is 10.2. The van der Waals surface area contributed by atoms with Crippen LogP contribution in [0.25, 0.3) is 0 Å². The molecule has 2 aliphatic carbocycles. The highest BCUT2D eigenvalue weighted by atomic mass is 16.4. The van der Waals surface area contributed by atoms with E-state index in [0.29, 0.717) is 18.5 Å². The monoisotopic (exact) mass is 225 g/mol. The third kappa shape index (κ3) is 2.10. The Morgan fingerprint density at radius 3 is 2.50 bits per heavy atom. The molecule has 0 aliphatic heterocycles. The van der Waals surface area contributed by atoms with Crippen LogP contribution in [0.2, 0.25) is 0 Å². The van der Waals surface area contributed by atoms with Crippen molar-refractivity contribution in [3.63, 3.8) is 0 Å². The molecule has 0 aromatic heterocycles. The molecule has 16 heavy (non-hydrogen) atoms. The van der Waals surface area contributed by atoms with Crippen molar-refractivity contribution in [1.29, 1.82) is 0 Å². The highest BCUT2D eigenvalue weighted by Crippen LogP contribution is 2.43. The minimum Gasteiger partial charge on any atom is -0.481 e. The Hall–Kier alpha value is -0.570. The maximum atomic E-state index is 11.5. The summed E-state index contributed by atoms with van der Waals surface area (Å²) in [6, 6.07) is 0.573. The average Bonchev–Trinajstić information content (AvgIpc) is 2.85. The van der Waals surface area contributed by atoms with Gasteiger partial charge in [0.05, 0.1) is 5.41 Å². The van der Waals surface area contributed by atoms with Crippen molar-refractivity contribution in [3.05, 3.63) is 0 Å². The lowest BCUT2D eigenvalue weighted by Gasteiger charge is -2.30. The van der Waals surface area contributed by atoms with Crippen LogP contribution < -0.4 is 5.32 Å². The molecule has 0 radical (unpaired) electrons. The highest BCUT2D eigenvalue weighted by Gasteiger charge is 2.46. The molecule has 3 heteroatoms. The van der Waals surface area contributed by atoms with Gasteiger partial charge in [0.25, 0.3) is 0 Å². The Labute approximate surface area is 97.6 Å². The second kappa shape index (κ2) is 4.74. The van der Waals surface area contributed by atoms with E-state index in [4.69, 9.17) is 0 Å². The number of aliphatic carboxylic acids is 1. The lowest BCUT2D eigenvalue weighted by atomic mass is 9.78. The number of carbonyl (C=O) groups is 1. The van der Waals surface area contributed by atoms with Crippen molar-refractivity contribution in [2.75, 3.05) is 6.54 Å². The first-order valence-electron chi connectivity index (χ1n) is 6.62. The largest absolute Gasteiger partial charge is 0.481 e. The number of hydrogen-bond donors (Lipinski definition) is 2. The fourth-order valence-electron chi connectivity index (χ4n) is 3.36. The lowest BCUT2D eigenvalue weighted by molar-refractivity contribution is -0.150. The van der Waals surface area contributed by atoms with Gasteiger partial charge in [-0.2, -0.15) is 0 Å². The third-order valence-electron chi connectivity index (χ3n) is 4.69. The van der Waals surface area contributed by atoms with Crippen molar-refractivity contribution in [1.82, 2.24) is 5.32 Å². The summed E-state index contributed by atoms with van der Waals surface area (Å²) in [5.74, 6) is -0.276. The molecule has 0 heterocycles. The normalized spacial score (nSPS) is 35.7. The summed E-state index contributed by atoms with van der Waals surface area (Å²) in [4.78, 5) is 11.5. The molecule has 0 amide bonds. The fraction of sp³-hybridized carbons (Fsp3) is 0.923. The maximum absolute atomic E-state index is 11.5. The van der Waals surface area contributed by atoms with Gasteiger partial charge >= 0.3 is 5.97 Å². The van der Waals surface area contributed by atoms with E-state index < -0.39 is 11.4 Å². The molecule has 92 valence electrons. The van der Waals surface area contributed by atoms with Gasteiger partial charge < -0.3 is 10.4 Å². The van der Waals surface area contributed by atoms with Crippen LogP contribution in [0, 0.1) is 11.3 Å². The van der Waals surface area contributed by atoms with Gasteiger partial charge in [0.15, 0.2) is 0 Å². The number of carboxylic acid groups (broad SMARTS) is 1. The molecule has 0 aromatic carbocycles. The predicted octanol–water partition coefficient (Wildman–Crippen LogP) is 2.41. The van der Waals surface area contributed by atoms with Gasteiger partial charge in [0.2, 0.25) is 0 Å². The SMILES string of the molecule is CC1CCCC1(CNC1CCCC1)C(=O)O. The first-order valence-corrected chi connectivity index (χ1v) is 6.62. The van der Waals surface area contributed by atoms with Crippen LogP contribution in [0.4, 0.5) is 0 Å². The summed E-state index contributed by atoms with van der Waals surface area (Å²) in [6.07, 6.45) is 8.04. The molecular weight excluding hydrogens is 202 g/mol. The van der Waals surface area contributed by atoms with E-state index in [-0.39, 0.29) is 0 Å². The second-order valence-electron chi connectivity index (χ2n) is 5.62. The predicted molar refractivity (Wildman–Crippen MR) is 63.3 cm³/mol. The van der Waals surface area contributed by atoms with Crippen LogP contribution in [-0.2, 0) is 4.79 Å². The van der Waals surface area contributed by atoms with Crippen LogP contribution >= 0.6 is 0 Å². The molecule has 0 bridgehead atoms. The fourth-order valence-corrected chi connectivity index (χ4v) is 3.36. The number of nitrogens with one attached hydrogen (secondary N) is 1. The van der Waals surface area contributed by atoms with Crippen molar-refractivity contribution in [3.8, 4) is 0 Å². The van der Waals surface area contributed by atoms with E-state index in [2.05, 4.69) is 12.2 Å². The van der Waals surface area contributed by atoms with Gasteiger partial charge in [-0.3, -0.25) is 4.79 Å². The molecule has 2 N–H and O–H groups in total. The van der Waals surface area contributed by atoms with Gasteiger partial charge in [-0.1, -0.05) is 26.2 Å². The summed E-state index contributed by atoms with van der Waals surface area (Å²) in [6.45, 7) is 2.77. The Bertz CT molecular complexity index is 261. The van der Waals surface area contributed by atoms with E-state index in [0.717, 1.165) is 19.3 Å². The molecule has 2 aliphatic rings. The quantitative estimate of drug-likeness (QED) is 0.772. The van der Waals surface area contributed by atoms with Crippen LogP contribution in [0.1, 0.15) is 51.9 Å². The van der Waals surface area contributed by atoms with Gasteiger partial charge in [0, 0.05) is 12.6 Å². The Morgan fingerprint density at radius 2 is 2.00 bits per heavy atom. The van der Waals surface area contributed by atoms with Gasteiger partial charge in [-0.15, -0.1) is 0 Å². The number of hydrogen-bond acceptors (Lipinski definition) is 2. The summed E-state index contributed by atoms with van der Waals surface area (Å²) < 4.78 is 0. The lowest BCUT2D eigenvalue weighted by Crippen LogP contribution is -2.45. The number of carboxylic acids is 1. The zero-order valence-electron chi connectivity index (χ0n) is 10.2. The van der Waals surface area contributed by atoms with Crippen molar-refractivity contribution < 1.29 is 9.90 Å². The minimum atomic E-state index is -0.594. The molecule has 2 rings (SSSR count). The molecule has 0 spiro atoms. The molecule has 2 unspecified atom stereocenters. The molecule has 0 saturated heterocycles.